The molecule has 5 nitrogen and oxygen atoms in total. The van der Waals surface area contributed by atoms with Crippen LogP contribution in [0.2, 0.25) is 0 Å². The quantitative estimate of drug-likeness (QED) is 0.672. The molecule has 1 aliphatic heterocycles. The molecule has 0 bridgehead atoms. The van der Waals surface area contributed by atoms with E-state index in [1.54, 1.807) is 0 Å². The van der Waals surface area contributed by atoms with E-state index in [2.05, 4.69) is 16.7 Å². The average molecular weight is 304 g/mol. The second-order valence-electron chi connectivity index (χ2n) is 5.34. The molecule has 0 unspecified atom stereocenters. The maximum absolute atomic E-state index is 11.7. The third kappa shape index (κ3) is 5.87. The van der Waals surface area contributed by atoms with E-state index >= 15 is 0 Å². The molecule has 0 saturated heterocycles. The molecule has 1 aromatic carbocycles. The van der Waals surface area contributed by atoms with Crippen molar-refractivity contribution in [3.8, 4) is 0 Å². The molecule has 120 valence electrons. The fraction of sp³-hybridized carbons (Fsp3) is 0.471. The van der Waals surface area contributed by atoms with Gasteiger partial charge in [0.15, 0.2) is 0 Å². The van der Waals surface area contributed by atoms with Gasteiger partial charge < -0.3 is 20.5 Å². The molecule has 2 rings (SSSR count). The van der Waals surface area contributed by atoms with Crippen LogP contribution in [0.1, 0.15) is 24.0 Å². The van der Waals surface area contributed by atoms with Gasteiger partial charge in [0, 0.05) is 13.1 Å². The summed E-state index contributed by atoms with van der Waals surface area (Å²) >= 11 is 0. The Morgan fingerprint density at radius 1 is 1.09 bits per heavy atom. The van der Waals surface area contributed by atoms with Crippen molar-refractivity contribution in [1.29, 1.82) is 0 Å². The number of carbonyl (C=O) groups excluding carboxylic acids is 1. The molecule has 22 heavy (non-hydrogen) atoms. The zero-order valence-corrected chi connectivity index (χ0v) is 12.8. The average Bonchev–Trinajstić information content (AvgIpc) is 2.56. The zero-order valence-electron chi connectivity index (χ0n) is 12.8. The number of hydrogen-bond acceptors (Lipinski definition) is 3. The second kappa shape index (κ2) is 9.23. The highest BCUT2D eigenvalue weighted by Crippen LogP contribution is 2.10. The molecule has 0 aliphatic carbocycles. The fourth-order valence-corrected chi connectivity index (χ4v) is 2.32. The van der Waals surface area contributed by atoms with Crippen LogP contribution in [0, 0.1) is 0 Å². The topological polar surface area (TPSA) is 70.6 Å². The molecule has 1 aromatic rings. The monoisotopic (exact) mass is 304 g/mol. The van der Waals surface area contributed by atoms with Gasteiger partial charge in [-0.25, -0.2) is 4.79 Å². The van der Waals surface area contributed by atoms with Crippen molar-refractivity contribution in [1.82, 2.24) is 10.6 Å². The Kier molecular flexibility index (Phi) is 6.93. The number of aliphatic hydroxyl groups is 1. The fourth-order valence-electron chi connectivity index (χ4n) is 2.32. The molecule has 0 aromatic heterocycles. The van der Waals surface area contributed by atoms with Crippen molar-refractivity contribution >= 4 is 6.03 Å². The number of benzene rings is 1. The molecule has 0 spiro atoms. The lowest BCUT2D eigenvalue weighted by atomic mass is 10.1. The lowest BCUT2D eigenvalue weighted by Gasteiger charge is -2.14. The minimum Gasteiger partial charge on any atom is -0.392 e. The first kappa shape index (κ1) is 16.5. The van der Waals surface area contributed by atoms with Crippen LogP contribution in [0.4, 0.5) is 4.79 Å². The molecule has 0 fully saturated rings. The van der Waals surface area contributed by atoms with Crippen molar-refractivity contribution in [2.75, 3.05) is 26.3 Å². The van der Waals surface area contributed by atoms with Crippen molar-refractivity contribution in [2.24, 2.45) is 0 Å². The van der Waals surface area contributed by atoms with Gasteiger partial charge in [0.1, 0.15) is 0 Å². The van der Waals surface area contributed by atoms with Crippen LogP contribution in [-0.2, 0) is 17.8 Å². The number of rotatable bonds is 7. The van der Waals surface area contributed by atoms with Crippen LogP contribution in [-0.4, -0.2) is 37.4 Å². The summed E-state index contributed by atoms with van der Waals surface area (Å²) < 4.78 is 5.25. The van der Waals surface area contributed by atoms with Crippen molar-refractivity contribution in [3.63, 3.8) is 0 Å². The number of amides is 2. The molecular weight excluding hydrogens is 280 g/mol. The lowest BCUT2D eigenvalue weighted by molar-refractivity contribution is 0.153. The van der Waals surface area contributed by atoms with Gasteiger partial charge in [0.25, 0.3) is 0 Å². The van der Waals surface area contributed by atoms with Crippen LogP contribution < -0.4 is 10.6 Å². The van der Waals surface area contributed by atoms with Crippen molar-refractivity contribution < 1.29 is 14.6 Å². The minimum absolute atomic E-state index is 0.0590. The van der Waals surface area contributed by atoms with Crippen LogP contribution in [0.3, 0.4) is 0 Å². The van der Waals surface area contributed by atoms with Gasteiger partial charge in [-0.15, -0.1) is 0 Å². The smallest absolute Gasteiger partial charge is 0.314 e. The second-order valence-corrected chi connectivity index (χ2v) is 5.34. The Hall–Kier alpha value is -1.85. The molecule has 5 heteroatoms. The Labute approximate surface area is 131 Å². The number of aliphatic hydroxyl groups excluding tert-OH is 1. The minimum atomic E-state index is -0.125. The third-order valence-electron chi connectivity index (χ3n) is 3.69. The van der Waals surface area contributed by atoms with Gasteiger partial charge in [-0.1, -0.05) is 35.9 Å². The summed E-state index contributed by atoms with van der Waals surface area (Å²) in [5.74, 6) is 0. The zero-order chi connectivity index (χ0) is 15.6. The number of ether oxygens (including phenoxy) is 1. The van der Waals surface area contributed by atoms with Crippen LogP contribution in [0.15, 0.2) is 35.9 Å². The molecule has 0 atom stereocenters. The molecule has 1 heterocycles. The maximum Gasteiger partial charge on any atom is 0.314 e. The molecule has 3 N–H and O–H groups in total. The normalized spacial score (nSPS) is 14.3. The predicted molar refractivity (Wildman–Crippen MR) is 85.6 cm³/mol. The van der Waals surface area contributed by atoms with E-state index in [0.29, 0.717) is 19.7 Å². The summed E-state index contributed by atoms with van der Waals surface area (Å²) in [7, 11) is 0. The summed E-state index contributed by atoms with van der Waals surface area (Å²) in [5.41, 5.74) is 3.40. The first-order chi connectivity index (χ1) is 10.8. The van der Waals surface area contributed by atoms with E-state index in [1.165, 1.54) is 5.57 Å². The molecule has 0 saturated carbocycles. The van der Waals surface area contributed by atoms with Crippen LogP contribution in [0.25, 0.3) is 0 Å². The summed E-state index contributed by atoms with van der Waals surface area (Å²) in [6.45, 7) is 2.79. The van der Waals surface area contributed by atoms with Gasteiger partial charge in [0.2, 0.25) is 0 Å². The van der Waals surface area contributed by atoms with Crippen molar-refractivity contribution in [2.45, 2.75) is 25.9 Å². The number of urea groups is 1. The van der Waals surface area contributed by atoms with E-state index in [1.807, 2.05) is 24.3 Å². The summed E-state index contributed by atoms with van der Waals surface area (Å²) in [6, 6.07) is 7.62. The van der Waals surface area contributed by atoms with Crippen LogP contribution >= 0.6 is 0 Å². The molecule has 2 amide bonds. The van der Waals surface area contributed by atoms with Crippen molar-refractivity contribution in [3.05, 3.63) is 47.0 Å². The highest BCUT2D eigenvalue weighted by molar-refractivity contribution is 5.73. The number of nitrogens with one attached hydrogen (secondary N) is 2. The standard InChI is InChI=1S/C17H24N2O3/c20-13-16-3-1-14(2-4-16)5-9-18-17(21)19-10-6-15-7-11-22-12-8-15/h1-4,7,20H,5-6,8-13H2,(H2,18,19,21). The van der Waals surface area contributed by atoms with Gasteiger partial charge in [-0.2, -0.15) is 0 Å². The third-order valence-corrected chi connectivity index (χ3v) is 3.69. The van der Waals surface area contributed by atoms with E-state index in [9.17, 15) is 4.79 Å². The highest BCUT2D eigenvalue weighted by Gasteiger charge is 2.04. The predicted octanol–water partition coefficient (Wildman–Crippen LogP) is 1.76. The largest absolute Gasteiger partial charge is 0.392 e. The molecular formula is C17H24N2O3. The SMILES string of the molecule is O=C(NCCC1=CCOCC1)NCCc1ccc(CO)cc1. The number of hydrogen-bond donors (Lipinski definition) is 3. The summed E-state index contributed by atoms with van der Waals surface area (Å²) in [4.78, 5) is 11.7. The van der Waals surface area contributed by atoms with Gasteiger partial charge >= 0.3 is 6.03 Å². The van der Waals surface area contributed by atoms with Gasteiger partial charge in [0.05, 0.1) is 19.8 Å². The Balaban J connectivity index is 1.57. The summed E-state index contributed by atoms with van der Waals surface area (Å²) in [6.07, 6.45) is 4.73. The van der Waals surface area contributed by atoms with E-state index < -0.39 is 0 Å². The van der Waals surface area contributed by atoms with E-state index in [-0.39, 0.29) is 12.6 Å². The first-order valence-electron chi connectivity index (χ1n) is 7.74. The Morgan fingerprint density at radius 3 is 2.41 bits per heavy atom. The molecule has 1 aliphatic rings. The molecule has 0 radical (unpaired) electrons. The Morgan fingerprint density at radius 2 is 1.77 bits per heavy atom. The van der Waals surface area contributed by atoms with Gasteiger partial charge in [-0.3, -0.25) is 0 Å². The maximum atomic E-state index is 11.7. The van der Waals surface area contributed by atoms with E-state index in [0.717, 1.165) is 37.0 Å². The summed E-state index contributed by atoms with van der Waals surface area (Å²) in [5, 5.41) is 14.7. The van der Waals surface area contributed by atoms with Gasteiger partial charge in [-0.05, 0) is 30.4 Å². The first-order valence-corrected chi connectivity index (χ1v) is 7.74. The number of carbonyl (C=O) groups is 1. The van der Waals surface area contributed by atoms with E-state index in [4.69, 9.17) is 9.84 Å². The van der Waals surface area contributed by atoms with Crippen LogP contribution in [0.5, 0.6) is 0 Å². The lowest BCUT2D eigenvalue weighted by Crippen LogP contribution is -2.37. The Bertz CT molecular complexity index is 497. The highest BCUT2D eigenvalue weighted by atomic mass is 16.5.